The quantitative estimate of drug-likeness (QED) is 0.836. The molecule has 0 aromatic heterocycles. The molecular formula is C16H22N2O3. The van der Waals surface area contributed by atoms with Crippen LogP contribution in [0, 0.1) is 0 Å². The van der Waals surface area contributed by atoms with E-state index in [2.05, 4.69) is 5.32 Å². The number of nitrogens with zero attached hydrogens (tertiary/aromatic N) is 1. The molecule has 1 aromatic carbocycles. The van der Waals surface area contributed by atoms with E-state index in [0.29, 0.717) is 18.7 Å². The number of hydrogen-bond acceptors (Lipinski definition) is 4. The largest absolute Gasteiger partial charge is 0.465 e. The van der Waals surface area contributed by atoms with Crippen molar-refractivity contribution in [1.82, 2.24) is 10.2 Å². The normalized spacial score (nSPS) is 14.8. The molecule has 5 heteroatoms. The molecule has 0 bridgehead atoms. The zero-order valence-corrected chi connectivity index (χ0v) is 12.4. The van der Waals surface area contributed by atoms with Gasteiger partial charge in [-0.2, -0.15) is 0 Å². The standard InChI is InChI=1S/C16H22N2O3/c1-21-16(20)14-8-4-3-7-13(14)11-17-12-15(19)18-9-5-2-6-10-18/h3-4,7-8,17H,2,5-6,9-12H2,1H3. The van der Waals surface area contributed by atoms with Gasteiger partial charge in [0, 0.05) is 19.6 Å². The van der Waals surface area contributed by atoms with Crippen molar-refractivity contribution in [1.29, 1.82) is 0 Å². The van der Waals surface area contributed by atoms with E-state index in [1.807, 2.05) is 17.0 Å². The Labute approximate surface area is 125 Å². The first-order valence-electron chi connectivity index (χ1n) is 7.37. The maximum atomic E-state index is 12.0. The second-order valence-electron chi connectivity index (χ2n) is 5.19. The van der Waals surface area contributed by atoms with Gasteiger partial charge in [-0.3, -0.25) is 4.79 Å². The van der Waals surface area contributed by atoms with Crippen LogP contribution < -0.4 is 5.32 Å². The molecule has 0 spiro atoms. The summed E-state index contributed by atoms with van der Waals surface area (Å²) in [6.07, 6.45) is 3.40. The van der Waals surface area contributed by atoms with Gasteiger partial charge in [0.2, 0.25) is 5.91 Å². The Hall–Kier alpha value is -1.88. The monoisotopic (exact) mass is 290 g/mol. The number of likely N-dealkylation sites (tertiary alicyclic amines) is 1. The first kappa shape index (κ1) is 15.5. The van der Waals surface area contributed by atoms with Crippen LogP contribution in [0.3, 0.4) is 0 Å². The van der Waals surface area contributed by atoms with E-state index in [1.165, 1.54) is 13.5 Å². The van der Waals surface area contributed by atoms with E-state index in [4.69, 9.17) is 4.74 Å². The van der Waals surface area contributed by atoms with E-state index >= 15 is 0 Å². The highest BCUT2D eigenvalue weighted by Gasteiger charge is 2.16. The highest BCUT2D eigenvalue weighted by atomic mass is 16.5. The Morgan fingerprint density at radius 3 is 2.62 bits per heavy atom. The van der Waals surface area contributed by atoms with Gasteiger partial charge in [-0.05, 0) is 30.9 Å². The summed E-state index contributed by atoms with van der Waals surface area (Å²) >= 11 is 0. The number of amides is 1. The van der Waals surface area contributed by atoms with Crippen molar-refractivity contribution in [2.45, 2.75) is 25.8 Å². The van der Waals surface area contributed by atoms with Gasteiger partial charge in [-0.1, -0.05) is 18.2 Å². The molecule has 1 saturated heterocycles. The van der Waals surface area contributed by atoms with Crippen molar-refractivity contribution >= 4 is 11.9 Å². The van der Waals surface area contributed by atoms with Crippen molar-refractivity contribution in [2.75, 3.05) is 26.7 Å². The molecule has 0 aliphatic carbocycles. The number of methoxy groups -OCH3 is 1. The summed E-state index contributed by atoms with van der Waals surface area (Å²) in [5.41, 5.74) is 1.38. The topological polar surface area (TPSA) is 58.6 Å². The molecule has 1 fully saturated rings. The van der Waals surface area contributed by atoms with Gasteiger partial charge in [0.05, 0.1) is 19.2 Å². The first-order valence-corrected chi connectivity index (χ1v) is 7.37. The van der Waals surface area contributed by atoms with Gasteiger partial charge in [0.25, 0.3) is 0 Å². The summed E-state index contributed by atoms with van der Waals surface area (Å²) in [6.45, 7) is 2.50. The number of benzene rings is 1. The lowest BCUT2D eigenvalue weighted by atomic mass is 10.1. The van der Waals surface area contributed by atoms with Gasteiger partial charge < -0.3 is 15.0 Å². The molecule has 1 aliphatic heterocycles. The van der Waals surface area contributed by atoms with Crippen molar-refractivity contribution in [2.24, 2.45) is 0 Å². The summed E-state index contributed by atoms with van der Waals surface area (Å²) in [5.74, 6) is -0.222. The molecule has 0 unspecified atom stereocenters. The molecule has 0 atom stereocenters. The Bertz CT molecular complexity index is 496. The van der Waals surface area contributed by atoms with Crippen LogP contribution in [-0.2, 0) is 16.1 Å². The van der Waals surface area contributed by atoms with Gasteiger partial charge in [-0.25, -0.2) is 4.79 Å². The third kappa shape index (κ3) is 4.29. The number of carbonyl (C=O) groups is 2. The van der Waals surface area contributed by atoms with Crippen LogP contribution in [0.25, 0.3) is 0 Å². The highest BCUT2D eigenvalue weighted by Crippen LogP contribution is 2.10. The van der Waals surface area contributed by atoms with E-state index in [1.54, 1.807) is 12.1 Å². The Balaban J connectivity index is 1.85. The average molecular weight is 290 g/mol. The van der Waals surface area contributed by atoms with E-state index < -0.39 is 0 Å². The number of rotatable bonds is 5. The smallest absolute Gasteiger partial charge is 0.338 e. The van der Waals surface area contributed by atoms with Crippen LogP contribution >= 0.6 is 0 Å². The molecule has 1 amide bonds. The van der Waals surface area contributed by atoms with Crippen LogP contribution in [0.4, 0.5) is 0 Å². The zero-order valence-electron chi connectivity index (χ0n) is 12.4. The van der Waals surface area contributed by atoms with Crippen molar-refractivity contribution in [3.05, 3.63) is 35.4 Å². The molecule has 1 aliphatic rings. The van der Waals surface area contributed by atoms with E-state index in [9.17, 15) is 9.59 Å². The summed E-state index contributed by atoms with van der Waals surface area (Å²) in [5, 5.41) is 3.12. The maximum Gasteiger partial charge on any atom is 0.338 e. The summed E-state index contributed by atoms with van der Waals surface area (Å²) < 4.78 is 4.76. The summed E-state index contributed by atoms with van der Waals surface area (Å²) in [7, 11) is 1.37. The van der Waals surface area contributed by atoms with Crippen molar-refractivity contribution < 1.29 is 14.3 Å². The Morgan fingerprint density at radius 2 is 1.90 bits per heavy atom. The van der Waals surface area contributed by atoms with Gasteiger partial charge in [0.1, 0.15) is 0 Å². The Morgan fingerprint density at radius 1 is 1.19 bits per heavy atom. The fraction of sp³-hybridized carbons (Fsp3) is 0.500. The van der Waals surface area contributed by atoms with Gasteiger partial charge in [-0.15, -0.1) is 0 Å². The number of carbonyl (C=O) groups excluding carboxylic acids is 2. The summed E-state index contributed by atoms with van der Waals surface area (Å²) in [4.78, 5) is 25.6. The van der Waals surface area contributed by atoms with Crippen LogP contribution in [0.15, 0.2) is 24.3 Å². The molecule has 114 valence electrons. The predicted molar refractivity (Wildman–Crippen MR) is 79.9 cm³/mol. The molecule has 0 radical (unpaired) electrons. The molecule has 5 nitrogen and oxygen atoms in total. The Kier molecular flexibility index (Phi) is 5.75. The molecule has 1 aromatic rings. The average Bonchev–Trinajstić information content (AvgIpc) is 2.55. The number of hydrogen-bond donors (Lipinski definition) is 1. The number of ether oxygens (including phenoxy) is 1. The molecule has 2 rings (SSSR count). The van der Waals surface area contributed by atoms with Crippen molar-refractivity contribution in [3.63, 3.8) is 0 Å². The lowest BCUT2D eigenvalue weighted by Crippen LogP contribution is -2.41. The minimum absolute atomic E-state index is 0.130. The SMILES string of the molecule is COC(=O)c1ccccc1CNCC(=O)N1CCCCC1. The van der Waals surface area contributed by atoms with Gasteiger partial charge in [0.15, 0.2) is 0 Å². The first-order chi connectivity index (χ1) is 10.2. The number of nitrogens with one attached hydrogen (secondary N) is 1. The molecular weight excluding hydrogens is 268 g/mol. The van der Waals surface area contributed by atoms with E-state index in [0.717, 1.165) is 31.5 Å². The minimum atomic E-state index is -0.352. The minimum Gasteiger partial charge on any atom is -0.465 e. The van der Waals surface area contributed by atoms with Crippen LogP contribution in [-0.4, -0.2) is 43.5 Å². The lowest BCUT2D eigenvalue weighted by molar-refractivity contribution is -0.131. The van der Waals surface area contributed by atoms with E-state index in [-0.39, 0.29) is 11.9 Å². The number of piperidine rings is 1. The fourth-order valence-corrected chi connectivity index (χ4v) is 2.54. The fourth-order valence-electron chi connectivity index (χ4n) is 2.54. The molecule has 0 saturated carbocycles. The number of esters is 1. The predicted octanol–water partition coefficient (Wildman–Crippen LogP) is 1.58. The second kappa shape index (κ2) is 7.78. The van der Waals surface area contributed by atoms with Crippen LogP contribution in [0.1, 0.15) is 35.2 Å². The second-order valence-corrected chi connectivity index (χ2v) is 5.19. The molecule has 1 N–H and O–H groups in total. The highest BCUT2D eigenvalue weighted by molar-refractivity contribution is 5.91. The zero-order chi connectivity index (χ0) is 15.1. The van der Waals surface area contributed by atoms with Gasteiger partial charge >= 0.3 is 5.97 Å². The summed E-state index contributed by atoms with van der Waals surface area (Å²) in [6, 6.07) is 7.27. The molecule has 21 heavy (non-hydrogen) atoms. The maximum absolute atomic E-state index is 12.0. The molecule has 1 heterocycles. The lowest BCUT2D eigenvalue weighted by Gasteiger charge is -2.26. The van der Waals surface area contributed by atoms with Crippen molar-refractivity contribution in [3.8, 4) is 0 Å². The third-order valence-electron chi connectivity index (χ3n) is 3.72. The third-order valence-corrected chi connectivity index (χ3v) is 3.72. The van der Waals surface area contributed by atoms with Crippen LogP contribution in [0.2, 0.25) is 0 Å². The van der Waals surface area contributed by atoms with Crippen LogP contribution in [0.5, 0.6) is 0 Å².